The molecule has 0 atom stereocenters. The minimum Gasteiger partial charge on any atom is -0.508 e. The molecule has 0 aliphatic heterocycles. The van der Waals surface area contributed by atoms with Crippen molar-refractivity contribution in [3.63, 3.8) is 0 Å². The minimum atomic E-state index is -0.381. The van der Waals surface area contributed by atoms with E-state index in [-0.39, 0.29) is 15.7 Å². The fourth-order valence-corrected chi connectivity index (χ4v) is 2.25. The topological polar surface area (TPSA) is 75.4 Å². The van der Waals surface area contributed by atoms with E-state index >= 15 is 0 Å². The molecule has 2 N–H and O–H groups in total. The molecular weight excluding hydrogens is 252 g/mol. The molecule has 0 amide bonds. The Labute approximate surface area is 108 Å². The van der Waals surface area contributed by atoms with Gasteiger partial charge in [-0.1, -0.05) is 23.5 Å². The number of rotatable bonds is 5. The molecule has 2 rings (SSSR count). The van der Waals surface area contributed by atoms with Crippen LogP contribution in [0.2, 0.25) is 0 Å². The molecular formula is C12H12N2O3S. The Bertz CT molecular complexity index is 537. The van der Waals surface area contributed by atoms with Crippen LogP contribution in [-0.4, -0.2) is 10.0 Å². The second-order valence-corrected chi connectivity index (χ2v) is 4.71. The first kappa shape index (κ1) is 12.5. The molecule has 5 nitrogen and oxygen atoms in total. The zero-order valence-electron chi connectivity index (χ0n) is 9.50. The van der Waals surface area contributed by atoms with Crippen molar-refractivity contribution in [2.24, 2.45) is 0 Å². The van der Waals surface area contributed by atoms with Gasteiger partial charge in [0.2, 0.25) is 0 Å². The average molecular weight is 264 g/mol. The predicted molar refractivity (Wildman–Crippen MR) is 69.6 cm³/mol. The summed E-state index contributed by atoms with van der Waals surface area (Å²) < 4.78 is 0. The van der Waals surface area contributed by atoms with Crippen molar-refractivity contribution in [3.05, 3.63) is 57.0 Å². The Morgan fingerprint density at radius 3 is 2.50 bits per heavy atom. The number of thiophene rings is 1. The van der Waals surface area contributed by atoms with Crippen LogP contribution in [-0.2, 0) is 13.1 Å². The van der Waals surface area contributed by atoms with E-state index in [2.05, 4.69) is 5.32 Å². The van der Waals surface area contributed by atoms with E-state index in [1.807, 2.05) is 12.1 Å². The van der Waals surface area contributed by atoms with Gasteiger partial charge in [0.15, 0.2) is 0 Å². The van der Waals surface area contributed by atoms with Crippen LogP contribution in [0, 0.1) is 10.1 Å². The molecule has 1 aromatic carbocycles. The highest BCUT2D eigenvalue weighted by atomic mass is 32.1. The largest absolute Gasteiger partial charge is 0.508 e. The predicted octanol–water partition coefficient (Wildman–Crippen LogP) is 2.65. The SMILES string of the molecule is O=[N+]([O-])c1cc(CNCc2ccc(O)cc2)cs1. The van der Waals surface area contributed by atoms with Gasteiger partial charge >= 0.3 is 5.00 Å². The van der Waals surface area contributed by atoms with Crippen LogP contribution in [0.4, 0.5) is 5.00 Å². The minimum absolute atomic E-state index is 0.163. The highest BCUT2D eigenvalue weighted by Crippen LogP contribution is 2.22. The number of hydrogen-bond donors (Lipinski definition) is 2. The molecule has 0 unspecified atom stereocenters. The van der Waals surface area contributed by atoms with Gasteiger partial charge in [0, 0.05) is 24.5 Å². The molecule has 2 aromatic rings. The molecule has 0 aliphatic carbocycles. The lowest BCUT2D eigenvalue weighted by molar-refractivity contribution is -0.380. The van der Waals surface area contributed by atoms with Gasteiger partial charge < -0.3 is 10.4 Å². The van der Waals surface area contributed by atoms with Gasteiger partial charge in [-0.05, 0) is 23.3 Å². The van der Waals surface area contributed by atoms with Crippen LogP contribution in [0.1, 0.15) is 11.1 Å². The zero-order valence-corrected chi connectivity index (χ0v) is 10.3. The molecule has 18 heavy (non-hydrogen) atoms. The van der Waals surface area contributed by atoms with E-state index in [0.717, 1.165) is 22.5 Å². The molecule has 94 valence electrons. The van der Waals surface area contributed by atoms with Crippen LogP contribution in [0.5, 0.6) is 5.75 Å². The second-order valence-electron chi connectivity index (χ2n) is 3.82. The number of hydrogen-bond acceptors (Lipinski definition) is 5. The molecule has 0 spiro atoms. The van der Waals surface area contributed by atoms with E-state index in [1.165, 1.54) is 0 Å². The van der Waals surface area contributed by atoms with Crippen LogP contribution in [0.25, 0.3) is 0 Å². The zero-order chi connectivity index (χ0) is 13.0. The lowest BCUT2D eigenvalue weighted by Crippen LogP contribution is -2.11. The molecule has 1 heterocycles. The molecule has 0 aliphatic rings. The summed E-state index contributed by atoms with van der Waals surface area (Å²) >= 11 is 1.13. The van der Waals surface area contributed by atoms with Crippen molar-refractivity contribution in [2.75, 3.05) is 0 Å². The lowest BCUT2D eigenvalue weighted by atomic mass is 10.2. The Hall–Kier alpha value is -1.92. The fourth-order valence-electron chi connectivity index (χ4n) is 1.52. The van der Waals surface area contributed by atoms with Gasteiger partial charge in [0.1, 0.15) is 5.75 Å². The summed E-state index contributed by atoms with van der Waals surface area (Å²) in [7, 11) is 0. The number of aromatic hydroxyl groups is 1. The van der Waals surface area contributed by atoms with Gasteiger partial charge in [-0.15, -0.1) is 0 Å². The summed E-state index contributed by atoms with van der Waals surface area (Å²) in [4.78, 5) is 10.1. The van der Waals surface area contributed by atoms with Gasteiger partial charge in [-0.3, -0.25) is 10.1 Å². The standard InChI is InChI=1S/C12H12N2O3S/c15-11-3-1-9(2-4-11)6-13-7-10-5-12(14(16)17)18-8-10/h1-5,8,13,15H,6-7H2. The Kier molecular flexibility index (Phi) is 3.91. The molecule has 0 bridgehead atoms. The van der Waals surface area contributed by atoms with Crippen molar-refractivity contribution in [1.29, 1.82) is 0 Å². The summed E-state index contributed by atoms with van der Waals surface area (Å²) in [6.45, 7) is 1.25. The third-order valence-corrected chi connectivity index (χ3v) is 3.34. The first-order valence-corrected chi connectivity index (χ1v) is 6.23. The number of nitrogens with one attached hydrogen (secondary N) is 1. The van der Waals surface area contributed by atoms with Crippen molar-refractivity contribution >= 4 is 16.3 Å². The second kappa shape index (κ2) is 5.61. The van der Waals surface area contributed by atoms with Gasteiger partial charge in [-0.2, -0.15) is 0 Å². The lowest BCUT2D eigenvalue weighted by Gasteiger charge is -2.03. The normalized spacial score (nSPS) is 10.4. The third-order valence-electron chi connectivity index (χ3n) is 2.41. The number of nitrogens with zero attached hydrogens (tertiary/aromatic N) is 1. The molecule has 1 aromatic heterocycles. The van der Waals surface area contributed by atoms with Gasteiger partial charge in [0.05, 0.1) is 4.92 Å². The Morgan fingerprint density at radius 1 is 1.22 bits per heavy atom. The highest BCUT2D eigenvalue weighted by molar-refractivity contribution is 7.13. The number of phenols is 1. The first-order valence-electron chi connectivity index (χ1n) is 5.35. The molecule has 0 saturated carbocycles. The summed E-state index contributed by atoms with van der Waals surface area (Å²) in [5.74, 6) is 0.243. The monoisotopic (exact) mass is 264 g/mol. The van der Waals surface area contributed by atoms with E-state index in [1.54, 1.807) is 23.6 Å². The average Bonchev–Trinajstić information content (AvgIpc) is 2.81. The van der Waals surface area contributed by atoms with Crippen molar-refractivity contribution in [3.8, 4) is 5.75 Å². The smallest absolute Gasteiger partial charge is 0.324 e. The summed E-state index contributed by atoms with van der Waals surface area (Å²) in [6.07, 6.45) is 0. The molecule has 0 radical (unpaired) electrons. The Morgan fingerprint density at radius 2 is 1.89 bits per heavy atom. The highest BCUT2D eigenvalue weighted by Gasteiger charge is 2.08. The van der Waals surface area contributed by atoms with Crippen molar-refractivity contribution in [1.82, 2.24) is 5.32 Å². The van der Waals surface area contributed by atoms with Crippen LogP contribution < -0.4 is 5.32 Å². The molecule has 0 fully saturated rings. The van der Waals surface area contributed by atoms with Gasteiger partial charge in [0.25, 0.3) is 0 Å². The maximum atomic E-state index is 10.5. The van der Waals surface area contributed by atoms with E-state index in [0.29, 0.717) is 13.1 Å². The van der Waals surface area contributed by atoms with E-state index in [9.17, 15) is 10.1 Å². The first-order chi connectivity index (χ1) is 8.65. The Balaban J connectivity index is 1.84. The number of phenolic OH excluding ortho intramolecular Hbond substituents is 1. The molecule has 6 heteroatoms. The van der Waals surface area contributed by atoms with Crippen molar-refractivity contribution < 1.29 is 10.0 Å². The molecule has 0 saturated heterocycles. The van der Waals surface area contributed by atoms with Crippen LogP contribution >= 0.6 is 11.3 Å². The van der Waals surface area contributed by atoms with Crippen molar-refractivity contribution in [2.45, 2.75) is 13.1 Å². The van der Waals surface area contributed by atoms with Gasteiger partial charge in [-0.25, -0.2) is 0 Å². The summed E-state index contributed by atoms with van der Waals surface area (Å²) in [5, 5.41) is 24.8. The summed E-state index contributed by atoms with van der Waals surface area (Å²) in [6, 6.07) is 8.50. The van der Waals surface area contributed by atoms with E-state index < -0.39 is 0 Å². The maximum absolute atomic E-state index is 10.5. The maximum Gasteiger partial charge on any atom is 0.324 e. The third kappa shape index (κ3) is 3.28. The number of nitro groups is 1. The van der Waals surface area contributed by atoms with E-state index in [4.69, 9.17) is 5.11 Å². The van der Waals surface area contributed by atoms with Crippen LogP contribution in [0.15, 0.2) is 35.7 Å². The summed E-state index contributed by atoms with van der Waals surface area (Å²) in [5.41, 5.74) is 1.96. The quantitative estimate of drug-likeness (QED) is 0.643. The number of benzene rings is 1. The fraction of sp³-hybridized carbons (Fsp3) is 0.167. The van der Waals surface area contributed by atoms with Crippen LogP contribution in [0.3, 0.4) is 0 Å².